The van der Waals surface area contributed by atoms with E-state index >= 15 is 33.6 Å². The van der Waals surface area contributed by atoms with Crippen molar-refractivity contribution >= 4 is 135 Å². The van der Waals surface area contributed by atoms with E-state index in [2.05, 4.69) is 67.8 Å². The summed E-state index contributed by atoms with van der Waals surface area (Å²) >= 11 is 0.791. The van der Waals surface area contributed by atoms with Crippen LogP contribution in [0.5, 0.6) is 5.75 Å². The van der Waals surface area contributed by atoms with E-state index in [0.29, 0.717) is 71.1 Å². The molecule has 1 unspecified atom stereocenters. The number of H-pyrrole nitrogens is 2. The van der Waals surface area contributed by atoms with Crippen LogP contribution < -0.4 is 59.3 Å². The van der Waals surface area contributed by atoms with Crippen LogP contribution in [0.25, 0.3) is 10.9 Å². The highest BCUT2D eigenvalue weighted by molar-refractivity contribution is 8.00. The summed E-state index contributed by atoms with van der Waals surface area (Å²) in [5.74, 6) is -17.9. The molecule has 129 heavy (non-hydrogen) atoms. The molecule has 0 spiro atoms. The third-order valence-corrected chi connectivity index (χ3v) is 24.9. The maximum atomic E-state index is 15.6. The molecule has 40 heteroatoms. The van der Waals surface area contributed by atoms with Crippen LogP contribution in [0, 0.1) is 11.8 Å². The number of phenolic OH excluding ortho intramolecular Hbond substituents is 1. The average molecular weight is 1810 g/mol. The molecule has 0 saturated carbocycles. The second-order valence-corrected chi connectivity index (χ2v) is 34.9. The van der Waals surface area contributed by atoms with Crippen LogP contribution in [-0.2, 0) is 101 Å². The number of unbranched alkanes of at least 4 members (excludes halogenated alkanes) is 2. The van der Waals surface area contributed by atoms with Crippen molar-refractivity contribution in [2.24, 2.45) is 28.3 Å². The second kappa shape index (κ2) is 47.4. The maximum absolute atomic E-state index is 15.6. The summed E-state index contributed by atoms with van der Waals surface area (Å²) in [5, 5.41) is 45.9. The largest absolute Gasteiger partial charge is 0.508 e. The standard InChI is InChI=1S/C89H122N20O19S/c1-10-12-24-70-83(122)97-50(5)77(116)104-68(80(119)95-44-75(91)114)46-129-47-76(115)98-64(35-52-28-30-57(111)31-29-52)85(124)105(7)51(6)78(117)100-66(40-74(90)113)88(127)109-33-19-27-71(109)84(123)99-62(39-56-43-92-48-96-56)81(120)101-63(34-49(3)4)87(126)108-32-18-26-69(108)73(112)38-53(36-54-41-93-60-22-16-14-20-58(54)60)79(118)103-67(45-110)82(121)102-65(37-55-42-94-61-23-17-15-21-59(55)61)86(125)107(9)72(25-13-11-2)89(128)106(70)8/h14-17,20-23,28-31,41-43,48-51,53,55,62-72,93,110-111H,10-13,18-19,24-27,32-40,44-47H2,1-9H3,(H2,90,113)(H2,91,114)(H,92,96)(H,95,119)(H,97,122)(H,98,115)(H,99,123)(H,100,117)(H,101,120)(H,102,121)(H,103,118)(H,104,116)/t50-,51-,53+,55?,62-,63-,64-,65-,66-,67-,68-,69-,70-,71-,72-/m0/s1. The molecule has 39 nitrogen and oxygen atoms in total. The number of rotatable bonds is 22. The Labute approximate surface area is 752 Å². The molecule has 9 rings (SSSR count). The molecule has 2 aromatic heterocycles. The summed E-state index contributed by atoms with van der Waals surface area (Å²) in [5.41, 5.74) is 14.4. The number of phenols is 1. The van der Waals surface area contributed by atoms with E-state index in [1.807, 2.05) is 39.8 Å². The number of ketones is 1. The van der Waals surface area contributed by atoms with Crippen LogP contribution in [0.1, 0.15) is 160 Å². The highest BCUT2D eigenvalue weighted by Crippen LogP contribution is 2.36. The molecule has 0 radical (unpaired) electrons. The number of para-hydroxylation sites is 2. The first kappa shape index (κ1) is 100. The predicted octanol–water partition coefficient (Wildman–Crippen LogP) is 0.113. The smallest absolute Gasteiger partial charge is 0.246 e. The fourth-order valence-corrected chi connectivity index (χ4v) is 17.4. The van der Waals surface area contributed by atoms with Crippen LogP contribution in [0.15, 0.2) is 96.5 Å². The molecule has 16 amide bonds. The molecule has 4 aliphatic heterocycles. The van der Waals surface area contributed by atoms with Gasteiger partial charge in [-0.15, -0.1) is 11.8 Å². The Kier molecular flexibility index (Phi) is 36.8. The third kappa shape index (κ3) is 27.2. The lowest BCUT2D eigenvalue weighted by molar-refractivity contribution is -0.149. The maximum Gasteiger partial charge on any atom is 0.246 e. The molecular weight excluding hydrogens is 1690 g/mol. The first-order valence-corrected chi connectivity index (χ1v) is 45.0. The van der Waals surface area contributed by atoms with Gasteiger partial charge >= 0.3 is 0 Å². The first-order valence-electron chi connectivity index (χ1n) is 43.8. The number of aliphatic imine (C=N–C) groups is 1. The highest BCUT2D eigenvalue weighted by atomic mass is 32.2. The number of amides is 16. The normalized spacial score (nSPS) is 25.7. The lowest BCUT2D eigenvalue weighted by Gasteiger charge is -2.36. The number of imidazole rings is 1. The van der Waals surface area contributed by atoms with Gasteiger partial charge in [0.25, 0.3) is 0 Å². The van der Waals surface area contributed by atoms with E-state index in [4.69, 9.17) is 11.5 Å². The molecule has 3 saturated heterocycles. The van der Waals surface area contributed by atoms with Crippen molar-refractivity contribution in [3.05, 3.63) is 114 Å². The molecule has 5 aromatic rings. The molecule has 3 aromatic carbocycles. The fraction of sp³-hybridized carbons (Fsp3) is 0.539. The Hall–Kier alpha value is -12.6. The van der Waals surface area contributed by atoms with Gasteiger partial charge in [-0.1, -0.05) is 102 Å². The number of aromatic nitrogens is 3. The number of nitrogens with two attached hydrogens (primary N) is 2. The van der Waals surface area contributed by atoms with E-state index in [1.165, 1.54) is 86.5 Å². The first-order chi connectivity index (χ1) is 61.5. The number of aliphatic hydroxyl groups is 1. The summed E-state index contributed by atoms with van der Waals surface area (Å²) < 4.78 is 0. The predicted molar refractivity (Wildman–Crippen MR) is 476 cm³/mol. The van der Waals surface area contributed by atoms with Crippen molar-refractivity contribution in [1.29, 1.82) is 0 Å². The van der Waals surface area contributed by atoms with Crippen molar-refractivity contribution in [2.45, 2.75) is 235 Å². The zero-order chi connectivity index (χ0) is 94.0. The van der Waals surface area contributed by atoms with E-state index < -0.39 is 222 Å². The summed E-state index contributed by atoms with van der Waals surface area (Å²) in [4.78, 5) is 269. The number of benzene rings is 3. The molecule has 6 heterocycles. The Balaban J connectivity index is 1.07. The van der Waals surface area contributed by atoms with Gasteiger partial charge in [-0.3, -0.25) is 86.5 Å². The van der Waals surface area contributed by atoms with Crippen LogP contribution in [0.3, 0.4) is 0 Å². The number of carbonyl (C=O) groups is 17. The molecule has 17 N–H and O–H groups in total. The van der Waals surface area contributed by atoms with E-state index in [-0.39, 0.29) is 94.7 Å². The molecule has 3 fully saturated rings. The van der Waals surface area contributed by atoms with Crippen LogP contribution in [0.2, 0.25) is 0 Å². The van der Waals surface area contributed by atoms with Crippen molar-refractivity contribution in [2.75, 3.05) is 58.9 Å². The third-order valence-electron chi connectivity index (χ3n) is 23.8. The van der Waals surface area contributed by atoms with Crippen molar-refractivity contribution in [3.8, 4) is 5.75 Å². The van der Waals surface area contributed by atoms with Gasteiger partial charge < -0.3 is 104 Å². The summed E-state index contributed by atoms with van der Waals surface area (Å²) in [7, 11) is 3.98. The number of hydrogen-bond acceptors (Lipinski definition) is 22. The number of hydrogen-bond donors (Lipinski definition) is 15. The molecule has 4 aliphatic rings. The number of nitrogens with one attached hydrogen (secondary N) is 11. The quantitative estimate of drug-likeness (QED) is 0.0437. The topological polar surface area (TPSA) is 564 Å². The number of Topliss-reactive ketones (excluding diaryl/α,β-unsaturated/α-hetero) is 1. The van der Waals surface area contributed by atoms with Gasteiger partial charge in [-0.2, -0.15) is 0 Å². The molecular formula is C89H122N20O19S. The van der Waals surface area contributed by atoms with Gasteiger partial charge in [0.2, 0.25) is 94.5 Å². The number of primary amides is 2. The minimum absolute atomic E-state index is 0.0197. The van der Waals surface area contributed by atoms with Crippen molar-refractivity contribution in [1.82, 2.24) is 87.3 Å². The number of carbonyl (C=O) groups excluding carboxylic acids is 17. The zero-order valence-electron chi connectivity index (χ0n) is 74.3. The van der Waals surface area contributed by atoms with Crippen LogP contribution in [-0.4, -0.2) is 294 Å². The van der Waals surface area contributed by atoms with Gasteiger partial charge in [-0.25, -0.2) is 4.98 Å². The van der Waals surface area contributed by atoms with Gasteiger partial charge in [-0.05, 0) is 119 Å². The second-order valence-electron chi connectivity index (χ2n) is 33.9. The van der Waals surface area contributed by atoms with Crippen molar-refractivity contribution < 1.29 is 91.7 Å². The molecule has 0 aliphatic carbocycles. The van der Waals surface area contributed by atoms with Gasteiger partial charge in [0.05, 0.1) is 49.1 Å². The van der Waals surface area contributed by atoms with E-state index in [0.717, 1.165) is 21.6 Å². The number of likely N-dealkylation sites (N-methyl/N-ethyl adjacent to an activating group) is 3. The number of nitrogens with zero attached hydrogens (tertiary/aromatic N) is 7. The zero-order valence-corrected chi connectivity index (χ0v) is 75.1. The molecule has 0 bridgehead atoms. The Bertz CT molecular complexity index is 4890. The summed E-state index contributed by atoms with van der Waals surface area (Å²) in [6.07, 6.45) is 6.61. The SMILES string of the molecule is CCCC[C@H]1C(=O)N(C)[C@@H](CCCC)C(=O)N[C@@H](C)C(=O)N[C@H](C(=O)NCC(N)=O)CSCC(=O)N[C@@H](Cc2ccc(O)cc2)C(=O)N(C)[C@@H](C)C(=O)N[C@@H](CC(N)=O)C(=O)N2CCC[C@H]2C(=O)N[C@@H](Cc2c[nH]cn2)C(=O)N[C@@H](CC(C)C)C(=O)N2CCC[C@H]2C(=O)C[C@@H](Cc2c[nH]c3ccccc23)C(=O)N[C@@H](CO)C(=O)N[C@@H](CC2C=Nc3ccccc32)C(=O)N1C. The van der Waals surface area contributed by atoms with Gasteiger partial charge in [0.1, 0.15) is 78.3 Å². The van der Waals surface area contributed by atoms with E-state index in [9.17, 15) is 58.2 Å². The van der Waals surface area contributed by atoms with Crippen LogP contribution >= 0.6 is 11.8 Å². The molecule has 15 atom stereocenters. The van der Waals surface area contributed by atoms with Gasteiger partial charge in [0, 0.05) is 101 Å². The lowest BCUT2D eigenvalue weighted by Crippen LogP contribution is -2.60. The summed E-state index contributed by atoms with van der Waals surface area (Å²) in [6, 6.07) is 1.02. The number of thioether (sulfide) groups is 1. The minimum atomic E-state index is -1.79. The fourth-order valence-electron chi connectivity index (χ4n) is 16.5. The van der Waals surface area contributed by atoms with Gasteiger partial charge in [0.15, 0.2) is 5.78 Å². The lowest BCUT2D eigenvalue weighted by atomic mass is 9.90. The van der Waals surface area contributed by atoms with E-state index in [1.54, 1.807) is 48.8 Å². The number of aliphatic hydroxyl groups excluding tert-OH is 1. The number of fused-ring (bicyclic) bond motifs is 4. The Morgan fingerprint density at radius 1 is 0.597 bits per heavy atom. The average Bonchev–Trinajstić information content (AvgIpc) is 1.76. The van der Waals surface area contributed by atoms with Crippen LogP contribution in [0.4, 0.5) is 5.69 Å². The Morgan fingerprint density at radius 3 is 1.88 bits per heavy atom. The molecule has 698 valence electrons. The summed E-state index contributed by atoms with van der Waals surface area (Å²) in [6.45, 7) is 8.18. The minimum Gasteiger partial charge on any atom is -0.508 e. The highest BCUT2D eigenvalue weighted by Gasteiger charge is 2.46. The monoisotopic (exact) mass is 1810 g/mol. The number of aromatic hydroxyl groups is 1. The Morgan fingerprint density at radius 2 is 1.21 bits per heavy atom. The van der Waals surface area contributed by atoms with Crippen molar-refractivity contribution in [3.63, 3.8) is 0 Å². The number of aromatic amines is 2.